The number of aryl methyl sites for hydroxylation is 1. The van der Waals surface area contributed by atoms with Gasteiger partial charge in [0.1, 0.15) is 12.3 Å². The van der Waals surface area contributed by atoms with Gasteiger partial charge in [-0.25, -0.2) is 4.98 Å². The summed E-state index contributed by atoms with van der Waals surface area (Å²) in [6.07, 6.45) is -2.83. The van der Waals surface area contributed by atoms with Crippen LogP contribution in [0.4, 0.5) is 5.69 Å². The highest BCUT2D eigenvalue weighted by Gasteiger charge is 2.36. The van der Waals surface area contributed by atoms with Crippen LogP contribution in [0.25, 0.3) is 11.0 Å². The minimum Gasteiger partial charge on any atom is -0.462 e. The lowest BCUT2D eigenvalue weighted by molar-refractivity contribution is -0.167. The molecule has 3 rings (SSSR count). The monoisotopic (exact) mass is 528 g/mol. The predicted octanol–water partition coefficient (Wildman–Crippen LogP) is 3.13. The normalized spacial score (nSPS) is 12.9. The van der Waals surface area contributed by atoms with E-state index >= 15 is 0 Å². The van der Waals surface area contributed by atoms with Crippen LogP contribution in [0.3, 0.4) is 0 Å². The molecule has 2 atom stereocenters. The summed E-state index contributed by atoms with van der Waals surface area (Å²) in [6.45, 7) is 4.87. The summed E-state index contributed by atoms with van der Waals surface area (Å²) >= 11 is 6.10. The van der Waals surface area contributed by atoms with Crippen LogP contribution >= 0.6 is 11.6 Å². The van der Waals surface area contributed by atoms with Crippen LogP contribution in [0, 0.1) is 6.92 Å². The molecule has 2 unspecified atom stereocenters. The number of hydrogen-bond acceptors (Lipinski definition) is 10. The van der Waals surface area contributed by atoms with E-state index in [9.17, 15) is 19.2 Å². The van der Waals surface area contributed by atoms with Crippen molar-refractivity contribution in [3.8, 4) is 0 Å². The number of rotatable bonds is 9. The van der Waals surface area contributed by atoms with Crippen molar-refractivity contribution >= 4 is 51.9 Å². The molecule has 0 aliphatic rings. The number of hydrogen-bond donors (Lipinski definition) is 2. The minimum atomic E-state index is -1.48. The Hall–Kier alpha value is -4.25. The number of fused-ring (bicyclic) bond motifs is 1. The number of anilines is 1. The molecule has 0 fully saturated rings. The maximum Gasteiger partial charge on any atom is 0.303 e. The highest BCUT2D eigenvalue weighted by molar-refractivity contribution is 6.31. The SMILES string of the molecule is CC(=O)OCC(OC(C)=O)C(OC(C)=O)/C(=N/Nc1ccc(C)cc1)c1nc2cc(Cl)ccc2[nH]c1=O. The second kappa shape index (κ2) is 12.1. The molecular weight excluding hydrogens is 504 g/mol. The van der Waals surface area contributed by atoms with E-state index in [-0.39, 0.29) is 11.4 Å². The van der Waals surface area contributed by atoms with Crippen molar-refractivity contribution in [3.05, 3.63) is 69.1 Å². The zero-order valence-corrected chi connectivity index (χ0v) is 21.3. The third-order valence-electron chi connectivity index (χ3n) is 4.92. The Kier molecular flexibility index (Phi) is 8.96. The molecule has 0 saturated heterocycles. The molecule has 0 amide bonds. The third kappa shape index (κ3) is 7.61. The molecule has 12 heteroatoms. The van der Waals surface area contributed by atoms with Gasteiger partial charge in [-0.2, -0.15) is 5.10 Å². The van der Waals surface area contributed by atoms with Gasteiger partial charge in [0.2, 0.25) is 0 Å². The van der Waals surface area contributed by atoms with Crippen LogP contribution < -0.4 is 11.0 Å². The molecule has 0 aliphatic heterocycles. The number of hydrazone groups is 1. The first-order valence-corrected chi connectivity index (χ1v) is 11.5. The highest BCUT2D eigenvalue weighted by atomic mass is 35.5. The smallest absolute Gasteiger partial charge is 0.303 e. The van der Waals surface area contributed by atoms with E-state index < -0.39 is 42.3 Å². The summed E-state index contributed by atoms with van der Waals surface area (Å²) in [5, 5.41) is 4.71. The van der Waals surface area contributed by atoms with Gasteiger partial charge in [-0.1, -0.05) is 29.3 Å². The van der Waals surface area contributed by atoms with Gasteiger partial charge in [-0.05, 0) is 37.3 Å². The fraction of sp³-hybridized carbons (Fsp3) is 0.280. The molecule has 2 N–H and O–H groups in total. The first-order valence-electron chi connectivity index (χ1n) is 11.1. The molecule has 1 aromatic heterocycles. The quantitative estimate of drug-likeness (QED) is 0.185. The summed E-state index contributed by atoms with van der Waals surface area (Å²) in [7, 11) is 0. The minimum absolute atomic E-state index is 0.183. The van der Waals surface area contributed by atoms with Gasteiger partial charge in [0.05, 0.1) is 16.7 Å². The van der Waals surface area contributed by atoms with Crippen molar-refractivity contribution < 1.29 is 28.6 Å². The number of H-pyrrole nitrogens is 1. The van der Waals surface area contributed by atoms with Gasteiger partial charge in [-0.3, -0.25) is 24.6 Å². The predicted molar refractivity (Wildman–Crippen MR) is 136 cm³/mol. The van der Waals surface area contributed by atoms with E-state index in [1.807, 2.05) is 19.1 Å². The van der Waals surface area contributed by atoms with Crippen molar-refractivity contribution in [2.75, 3.05) is 12.0 Å². The van der Waals surface area contributed by atoms with Gasteiger partial charge >= 0.3 is 17.9 Å². The van der Waals surface area contributed by atoms with E-state index in [0.29, 0.717) is 21.7 Å². The number of ether oxygens (including phenoxy) is 3. The average Bonchev–Trinajstić information content (AvgIpc) is 2.82. The molecule has 37 heavy (non-hydrogen) atoms. The number of nitrogens with one attached hydrogen (secondary N) is 2. The molecule has 0 aliphatic carbocycles. The summed E-state index contributed by atoms with van der Waals surface area (Å²) in [5.74, 6) is -2.17. The zero-order valence-electron chi connectivity index (χ0n) is 20.5. The molecule has 1 heterocycles. The van der Waals surface area contributed by atoms with Gasteiger partial charge < -0.3 is 19.2 Å². The topological polar surface area (TPSA) is 149 Å². The number of aromatic nitrogens is 2. The van der Waals surface area contributed by atoms with Crippen LogP contribution in [-0.2, 0) is 28.6 Å². The lowest BCUT2D eigenvalue weighted by atomic mass is 10.1. The van der Waals surface area contributed by atoms with Crippen molar-refractivity contribution in [1.82, 2.24) is 9.97 Å². The fourth-order valence-electron chi connectivity index (χ4n) is 3.32. The van der Waals surface area contributed by atoms with Crippen LogP contribution in [0.2, 0.25) is 5.02 Å². The maximum atomic E-state index is 13.1. The Bertz CT molecular complexity index is 1400. The number of esters is 3. The Morgan fingerprint density at radius 2 is 1.70 bits per heavy atom. The molecule has 0 bridgehead atoms. The Morgan fingerprint density at radius 1 is 1.03 bits per heavy atom. The molecule has 0 spiro atoms. The summed E-state index contributed by atoms with van der Waals surface area (Å²) in [4.78, 5) is 55.7. The number of carbonyl (C=O) groups is 3. The van der Waals surface area contributed by atoms with Gasteiger partial charge in [-0.15, -0.1) is 0 Å². The highest BCUT2D eigenvalue weighted by Crippen LogP contribution is 2.18. The Morgan fingerprint density at radius 3 is 2.32 bits per heavy atom. The number of halogens is 1. The molecule has 0 radical (unpaired) electrons. The Balaban J connectivity index is 2.21. The molecule has 194 valence electrons. The third-order valence-corrected chi connectivity index (χ3v) is 5.16. The number of carbonyl (C=O) groups excluding carboxylic acids is 3. The zero-order chi connectivity index (χ0) is 27.1. The summed E-state index contributed by atoms with van der Waals surface area (Å²) < 4.78 is 15.8. The second-order valence-electron chi connectivity index (χ2n) is 8.03. The first kappa shape index (κ1) is 27.3. The van der Waals surface area contributed by atoms with Gasteiger partial charge in [0.15, 0.2) is 17.9 Å². The van der Waals surface area contributed by atoms with E-state index in [4.69, 9.17) is 25.8 Å². The molecule has 2 aromatic carbocycles. The van der Waals surface area contributed by atoms with Crippen molar-refractivity contribution in [3.63, 3.8) is 0 Å². The number of nitrogens with zero attached hydrogens (tertiary/aromatic N) is 2. The van der Waals surface area contributed by atoms with E-state index in [2.05, 4.69) is 20.5 Å². The number of benzene rings is 2. The van der Waals surface area contributed by atoms with E-state index in [1.54, 1.807) is 24.3 Å². The fourth-order valence-corrected chi connectivity index (χ4v) is 3.48. The van der Waals surface area contributed by atoms with Crippen molar-refractivity contribution in [2.45, 2.75) is 39.9 Å². The maximum absolute atomic E-state index is 13.1. The van der Waals surface area contributed by atoms with Crippen molar-refractivity contribution in [1.29, 1.82) is 0 Å². The van der Waals surface area contributed by atoms with Crippen LogP contribution in [0.15, 0.2) is 52.4 Å². The molecule has 11 nitrogen and oxygen atoms in total. The molecule has 3 aromatic rings. The van der Waals surface area contributed by atoms with Crippen LogP contribution in [0.1, 0.15) is 32.0 Å². The Labute approximate surface area is 216 Å². The largest absolute Gasteiger partial charge is 0.462 e. The van der Waals surface area contributed by atoms with E-state index in [0.717, 1.165) is 19.4 Å². The van der Waals surface area contributed by atoms with Gasteiger partial charge in [0.25, 0.3) is 5.56 Å². The standard InChI is InChI=1S/C25H25ClN4O7/c1-13-5-8-18(9-6-13)29-30-22(23-25(34)28-19-10-7-17(26)11-20(19)27-23)24(37-16(4)33)21(36-15(3)32)12-35-14(2)31/h5-11,21,24,29H,12H2,1-4H3,(H,28,34)/b30-22+. The van der Waals surface area contributed by atoms with E-state index in [1.165, 1.54) is 13.0 Å². The lowest BCUT2D eigenvalue weighted by Gasteiger charge is -2.26. The number of aromatic amines is 1. The van der Waals surface area contributed by atoms with Crippen LogP contribution in [-0.4, -0.2) is 52.4 Å². The molecular formula is C25H25ClN4O7. The first-order chi connectivity index (χ1) is 17.5. The van der Waals surface area contributed by atoms with Crippen LogP contribution in [0.5, 0.6) is 0 Å². The second-order valence-corrected chi connectivity index (χ2v) is 8.47. The summed E-state index contributed by atoms with van der Waals surface area (Å²) in [6, 6.07) is 11.9. The van der Waals surface area contributed by atoms with Crippen molar-refractivity contribution in [2.24, 2.45) is 5.10 Å². The average molecular weight is 529 g/mol. The molecule has 0 saturated carbocycles. The van der Waals surface area contributed by atoms with Gasteiger partial charge in [0, 0.05) is 25.8 Å². The lowest BCUT2D eigenvalue weighted by Crippen LogP contribution is -2.46. The summed E-state index contributed by atoms with van der Waals surface area (Å²) in [5.41, 5.74) is 4.03.